The normalized spacial score (nSPS) is 16.9. The topological polar surface area (TPSA) is 66.0 Å². The average molecular weight is 556 g/mol. The van der Waals surface area contributed by atoms with Gasteiger partial charge in [-0.2, -0.15) is 13.2 Å². The molecule has 0 spiro atoms. The van der Waals surface area contributed by atoms with Crippen LogP contribution >= 0.6 is 24.0 Å². The predicted molar refractivity (Wildman–Crippen MR) is 126 cm³/mol. The molecule has 176 valence electrons. The van der Waals surface area contributed by atoms with Crippen LogP contribution in [0, 0.1) is 0 Å². The number of carbonyl (C=O) groups is 1. The van der Waals surface area contributed by atoms with Crippen molar-refractivity contribution in [2.75, 3.05) is 33.8 Å². The molecule has 1 heterocycles. The van der Waals surface area contributed by atoms with E-state index >= 15 is 0 Å². The van der Waals surface area contributed by atoms with E-state index in [0.29, 0.717) is 18.1 Å². The van der Waals surface area contributed by atoms with E-state index in [2.05, 4.69) is 15.6 Å². The summed E-state index contributed by atoms with van der Waals surface area (Å²) in [6.07, 6.45) is 1.08. The van der Waals surface area contributed by atoms with Crippen molar-refractivity contribution >= 4 is 35.8 Å². The average Bonchev–Trinajstić information content (AvgIpc) is 2.72. The van der Waals surface area contributed by atoms with E-state index in [1.54, 1.807) is 20.2 Å². The van der Waals surface area contributed by atoms with Crippen molar-refractivity contribution < 1.29 is 22.7 Å². The summed E-state index contributed by atoms with van der Waals surface area (Å²) >= 11 is 0. The molecular weight excluding hydrogens is 524 g/mol. The Kier molecular flexibility index (Phi) is 12.2. The lowest BCUT2D eigenvalue weighted by molar-refractivity contribution is -0.137. The Bertz CT molecular complexity index is 708. The molecule has 2 rings (SSSR count). The summed E-state index contributed by atoms with van der Waals surface area (Å²) in [5.74, 6) is 0.270. The Morgan fingerprint density at radius 3 is 2.68 bits per heavy atom. The summed E-state index contributed by atoms with van der Waals surface area (Å²) in [5.41, 5.74) is -0.256. The number of hydrogen-bond acceptors (Lipinski definition) is 3. The highest BCUT2D eigenvalue weighted by atomic mass is 127. The Labute approximate surface area is 199 Å². The van der Waals surface area contributed by atoms with E-state index in [-0.39, 0.29) is 49.1 Å². The number of amides is 1. The quantitative estimate of drug-likeness (QED) is 0.222. The maximum absolute atomic E-state index is 12.9. The van der Waals surface area contributed by atoms with Crippen molar-refractivity contribution in [3.63, 3.8) is 0 Å². The molecule has 1 aromatic rings. The predicted octanol–water partition coefficient (Wildman–Crippen LogP) is 3.80. The van der Waals surface area contributed by atoms with Crippen molar-refractivity contribution in [3.05, 3.63) is 35.4 Å². The van der Waals surface area contributed by atoms with Gasteiger partial charge in [-0.15, -0.1) is 24.0 Å². The first-order chi connectivity index (χ1) is 14.3. The van der Waals surface area contributed by atoms with Crippen LogP contribution in [0.15, 0.2) is 29.3 Å². The third kappa shape index (κ3) is 10.5. The lowest BCUT2D eigenvalue weighted by atomic mass is 10.0. The van der Waals surface area contributed by atoms with E-state index in [1.807, 2.05) is 0 Å². The highest BCUT2D eigenvalue weighted by molar-refractivity contribution is 14.0. The highest BCUT2D eigenvalue weighted by Gasteiger charge is 2.30. The first-order valence-corrected chi connectivity index (χ1v) is 10.3. The van der Waals surface area contributed by atoms with Gasteiger partial charge in [0.25, 0.3) is 0 Å². The van der Waals surface area contributed by atoms with Crippen LogP contribution in [0.2, 0.25) is 0 Å². The molecule has 6 nitrogen and oxygen atoms in total. The van der Waals surface area contributed by atoms with Gasteiger partial charge >= 0.3 is 6.18 Å². The summed E-state index contributed by atoms with van der Waals surface area (Å²) in [5, 5.41) is 6.11. The third-order valence-electron chi connectivity index (χ3n) is 4.85. The van der Waals surface area contributed by atoms with Crippen LogP contribution < -0.4 is 10.6 Å². The molecule has 1 aromatic carbocycles. The Morgan fingerprint density at radius 2 is 2.03 bits per heavy atom. The number of carbonyl (C=O) groups excluding carboxylic acids is 1. The summed E-state index contributed by atoms with van der Waals surface area (Å²) < 4.78 is 44.4. The van der Waals surface area contributed by atoms with Gasteiger partial charge in [0.05, 0.1) is 24.8 Å². The lowest BCUT2D eigenvalue weighted by Gasteiger charge is -2.22. The van der Waals surface area contributed by atoms with Crippen molar-refractivity contribution in [1.82, 2.24) is 15.5 Å². The van der Waals surface area contributed by atoms with Crippen LogP contribution in [-0.2, 0) is 22.3 Å². The zero-order valence-electron chi connectivity index (χ0n) is 18.0. The smallest absolute Gasteiger partial charge is 0.378 e. The number of rotatable bonds is 8. The van der Waals surface area contributed by atoms with Crippen molar-refractivity contribution in [2.24, 2.45) is 4.99 Å². The molecule has 1 saturated heterocycles. The van der Waals surface area contributed by atoms with Gasteiger partial charge in [0.1, 0.15) is 0 Å². The van der Waals surface area contributed by atoms with Gasteiger partial charge in [0.15, 0.2) is 5.96 Å². The summed E-state index contributed by atoms with van der Waals surface area (Å²) in [7, 11) is 3.31. The lowest BCUT2D eigenvalue weighted by Crippen LogP contribution is -2.43. The molecular formula is C21H32F3IN4O2. The van der Waals surface area contributed by atoms with E-state index in [0.717, 1.165) is 44.4 Å². The number of likely N-dealkylation sites (N-methyl/N-ethyl adjacent to an activating group) is 1. The number of nitrogens with zero attached hydrogens (tertiary/aromatic N) is 2. The van der Waals surface area contributed by atoms with Crippen LogP contribution in [0.3, 0.4) is 0 Å². The standard InChI is InChI=1S/C21H31F3N4O2.HI/c1-28(2)19(29)15-27-20(25-11-6-10-18-9-3-4-12-30-18)26-14-16-7-5-8-17(13-16)21(22,23)24;/h5,7-8,13,18H,3-4,6,9-12,14-15H2,1-2H3,(H2,25,26,27);1H. The molecule has 1 aliphatic heterocycles. The second-order valence-corrected chi connectivity index (χ2v) is 7.56. The first-order valence-electron chi connectivity index (χ1n) is 10.3. The van der Waals surface area contributed by atoms with Gasteiger partial charge in [-0.05, 0) is 49.8 Å². The number of hydrogen-bond donors (Lipinski definition) is 2. The molecule has 1 aliphatic rings. The molecule has 2 N–H and O–H groups in total. The molecule has 1 unspecified atom stereocenters. The van der Waals surface area contributed by atoms with Crippen LogP contribution in [0.4, 0.5) is 13.2 Å². The summed E-state index contributed by atoms with van der Waals surface area (Å²) in [4.78, 5) is 17.7. The van der Waals surface area contributed by atoms with E-state index in [9.17, 15) is 18.0 Å². The van der Waals surface area contributed by atoms with Crippen LogP contribution in [0.25, 0.3) is 0 Å². The minimum absolute atomic E-state index is 0. The van der Waals surface area contributed by atoms with E-state index < -0.39 is 11.7 Å². The fourth-order valence-electron chi connectivity index (χ4n) is 3.08. The second-order valence-electron chi connectivity index (χ2n) is 7.56. The van der Waals surface area contributed by atoms with Gasteiger partial charge in [-0.3, -0.25) is 4.79 Å². The Morgan fingerprint density at radius 1 is 1.26 bits per heavy atom. The number of nitrogens with one attached hydrogen (secondary N) is 2. The monoisotopic (exact) mass is 556 g/mol. The molecule has 1 atom stereocenters. The zero-order chi connectivity index (χ0) is 22.0. The largest absolute Gasteiger partial charge is 0.416 e. The number of benzene rings is 1. The fraction of sp³-hybridized carbons (Fsp3) is 0.619. The molecule has 1 fully saturated rings. The second kappa shape index (κ2) is 13.8. The van der Waals surface area contributed by atoms with Crippen molar-refractivity contribution in [3.8, 4) is 0 Å². The van der Waals surface area contributed by atoms with Gasteiger partial charge in [-0.25, -0.2) is 4.99 Å². The third-order valence-corrected chi connectivity index (χ3v) is 4.85. The van der Waals surface area contributed by atoms with Gasteiger partial charge in [0.2, 0.25) is 5.91 Å². The van der Waals surface area contributed by atoms with Crippen molar-refractivity contribution in [2.45, 2.75) is 50.9 Å². The number of guanidine groups is 1. The van der Waals surface area contributed by atoms with Crippen LogP contribution in [-0.4, -0.2) is 56.7 Å². The van der Waals surface area contributed by atoms with Crippen molar-refractivity contribution in [1.29, 1.82) is 0 Å². The van der Waals surface area contributed by atoms with E-state index in [1.165, 1.54) is 17.4 Å². The van der Waals surface area contributed by atoms with Crippen LogP contribution in [0.5, 0.6) is 0 Å². The number of halogens is 4. The molecule has 10 heteroatoms. The summed E-state index contributed by atoms with van der Waals surface area (Å²) in [6, 6.07) is 5.09. The maximum atomic E-state index is 12.9. The maximum Gasteiger partial charge on any atom is 0.416 e. The van der Waals surface area contributed by atoms with Gasteiger partial charge < -0.3 is 20.3 Å². The summed E-state index contributed by atoms with van der Waals surface area (Å²) in [6.45, 7) is 1.56. The fourth-order valence-corrected chi connectivity index (χ4v) is 3.08. The zero-order valence-corrected chi connectivity index (χ0v) is 20.3. The number of ether oxygens (including phenoxy) is 1. The minimum atomic E-state index is -4.39. The SMILES string of the molecule is CN(C)C(=O)CNC(=NCc1cccc(C(F)(F)F)c1)NCCCC1CCCCO1.I. The number of aliphatic imine (C=N–C) groups is 1. The highest BCUT2D eigenvalue weighted by Crippen LogP contribution is 2.29. The molecule has 1 amide bonds. The minimum Gasteiger partial charge on any atom is -0.378 e. The Balaban J connectivity index is 0.00000480. The van der Waals surface area contributed by atoms with E-state index in [4.69, 9.17) is 4.74 Å². The van der Waals surface area contributed by atoms with Gasteiger partial charge in [0, 0.05) is 27.2 Å². The molecule has 0 bridgehead atoms. The molecule has 0 aliphatic carbocycles. The van der Waals surface area contributed by atoms with Crippen LogP contribution in [0.1, 0.15) is 43.2 Å². The number of alkyl halides is 3. The van der Waals surface area contributed by atoms with Gasteiger partial charge in [-0.1, -0.05) is 12.1 Å². The molecule has 0 saturated carbocycles. The molecule has 0 aromatic heterocycles. The molecule has 31 heavy (non-hydrogen) atoms. The first kappa shape index (κ1) is 27.5. The Hall–Kier alpha value is -1.56. The molecule has 0 radical (unpaired) electrons.